The highest BCUT2D eigenvalue weighted by atomic mass is 19.4. The molecule has 6 rings (SSSR count). The van der Waals surface area contributed by atoms with Crippen LogP contribution in [0.15, 0.2) is 36.7 Å². The molecule has 0 aliphatic carbocycles. The van der Waals surface area contributed by atoms with Crippen molar-refractivity contribution in [1.29, 1.82) is 0 Å². The van der Waals surface area contributed by atoms with E-state index in [-0.39, 0.29) is 41.8 Å². The van der Waals surface area contributed by atoms with Crippen LogP contribution in [0.1, 0.15) is 48.8 Å². The molecule has 2 aliphatic heterocycles. The van der Waals surface area contributed by atoms with E-state index in [1.807, 2.05) is 4.90 Å². The molecule has 244 valence electrons. The summed E-state index contributed by atoms with van der Waals surface area (Å²) in [6, 6.07) is 5.56. The summed E-state index contributed by atoms with van der Waals surface area (Å²) in [4.78, 5) is 39.4. The number of fused-ring (bicyclic) bond motifs is 2. The lowest BCUT2D eigenvalue weighted by Crippen LogP contribution is -2.62. The number of imidazole rings is 1. The van der Waals surface area contributed by atoms with Crippen molar-refractivity contribution >= 4 is 29.0 Å². The molecule has 0 bridgehead atoms. The Kier molecular flexibility index (Phi) is 8.10. The van der Waals surface area contributed by atoms with Crippen LogP contribution in [0.4, 0.5) is 24.8 Å². The third-order valence-corrected chi connectivity index (χ3v) is 8.24. The van der Waals surface area contributed by atoms with Crippen LogP contribution in [-0.4, -0.2) is 90.7 Å². The number of morpholine rings is 1. The summed E-state index contributed by atoms with van der Waals surface area (Å²) in [7, 11) is 1.14. The van der Waals surface area contributed by atoms with Gasteiger partial charge in [0.25, 0.3) is 5.91 Å². The van der Waals surface area contributed by atoms with Crippen molar-refractivity contribution in [3.05, 3.63) is 53.7 Å². The molecule has 2 atom stereocenters. The van der Waals surface area contributed by atoms with Crippen molar-refractivity contribution in [2.24, 2.45) is 7.05 Å². The Morgan fingerprint density at radius 3 is 2.72 bits per heavy atom. The Balaban J connectivity index is 1.32. The summed E-state index contributed by atoms with van der Waals surface area (Å²) in [6.07, 6.45) is -1.90. The van der Waals surface area contributed by atoms with E-state index in [9.17, 15) is 22.8 Å². The molecule has 13 nitrogen and oxygen atoms in total. The zero-order chi connectivity index (χ0) is 32.9. The molecule has 0 spiro atoms. The number of ether oxygens (including phenoxy) is 2. The van der Waals surface area contributed by atoms with Gasteiger partial charge in [-0.3, -0.25) is 23.6 Å². The van der Waals surface area contributed by atoms with Gasteiger partial charge < -0.3 is 25.4 Å². The van der Waals surface area contributed by atoms with Gasteiger partial charge in [-0.05, 0) is 39.0 Å². The lowest BCUT2D eigenvalue weighted by molar-refractivity contribution is -0.157. The molecule has 2 aliphatic rings. The van der Waals surface area contributed by atoms with Crippen LogP contribution < -0.4 is 15.8 Å². The first kappa shape index (κ1) is 31.3. The van der Waals surface area contributed by atoms with Crippen molar-refractivity contribution in [2.45, 2.75) is 45.1 Å². The van der Waals surface area contributed by atoms with Gasteiger partial charge in [-0.1, -0.05) is 0 Å². The van der Waals surface area contributed by atoms with Crippen molar-refractivity contribution in [3.8, 4) is 17.0 Å². The van der Waals surface area contributed by atoms with Gasteiger partial charge in [0, 0.05) is 49.2 Å². The first-order chi connectivity index (χ1) is 21.8. The predicted molar refractivity (Wildman–Crippen MR) is 161 cm³/mol. The summed E-state index contributed by atoms with van der Waals surface area (Å²) in [5.41, 5.74) is 6.92. The number of rotatable bonds is 7. The quantitative estimate of drug-likeness (QED) is 0.310. The van der Waals surface area contributed by atoms with Crippen molar-refractivity contribution in [3.63, 3.8) is 0 Å². The van der Waals surface area contributed by atoms with Crippen LogP contribution >= 0.6 is 0 Å². The fraction of sp³-hybridized carbons (Fsp3) is 0.433. The minimum atomic E-state index is -4.62. The summed E-state index contributed by atoms with van der Waals surface area (Å²) >= 11 is 0. The van der Waals surface area contributed by atoms with Crippen LogP contribution in [0.2, 0.25) is 0 Å². The minimum absolute atomic E-state index is 0.0355. The van der Waals surface area contributed by atoms with Gasteiger partial charge >= 0.3 is 6.18 Å². The van der Waals surface area contributed by atoms with Crippen LogP contribution in [0.3, 0.4) is 0 Å². The van der Waals surface area contributed by atoms with Gasteiger partial charge in [-0.15, -0.1) is 0 Å². The maximum atomic E-state index is 13.2. The molecular formula is C30H34F3N9O4. The van der Waals surface area contributed by atoms with E-state index in [0.717, 1.165) is 19.7 Å². The number of aromatic nitrogens is 5. The van der Waals surface area contributed by atoms with E-state index in [2.05, 4.69) is 34.1 Å². The van der Waals surface area contributed by atoms with Crippen LogP contribution in [0.25, 0.3) is 16.8 Å². The molecular weight excluding hydrogens is 607 g/mol. The van der Waals surface area contributed by atoms with Crippen molar-refractivity contribution < 1.29 is 32.2 Å². The van der Waals surface area contributed by atoms with E-state index in [0.29, 0.717) is 52.7 Å². The molecule has 2 amide bonds. The van der Waals surface area contributed by atoms with Crippen molar-refractivity contribution in [1.82, 2.24) is 33.9 Å². The molecule has 3 aromatic heterocycles. The first-order valence-electron chi connectivity index (χ1n) is 14.8. The average Bonchev–Trinajstić information content (AvgIpc) is 3.58. The second kappa shape index (κ2) is 11.9. The van der Waals surface area contributed by atoms with Crippen LogP contribution in [-0.2, 0) is 22.8 Å². The van der Waals surface area contributed by atoms with E-state index in [4.69, 9.17) is 20.2 Å². The Morgan fingerprint density at radius 2 is 2.02 bits per heavy atom. The second-order valence-electron chi connectivity index (χ2n) is 11.5. The number of nitrogens with two attached hydrogens (primary N) is 1. The van der Waals surface area contributed by atoms with Crippen LogP contribution in [0, 0.1) is 0 Å². The first-order valence-corrected chi connectivity index (χ1v) is 14.8. The number of aryl methyl sites for hydroxylation is 1. The Bertz CT molecular complexity index is 1800. The maximum Gasteiger partial charge on any atom is 0.433 e. The van der Waals surface area contributed by atoms with Gasteiger partial charge in [0.2, 0.25) is 5.91 Å². The Morgan fingerprint density at radius 1 is 1.24 bits per heavy atom. The number of hydrogen-bond acceptors (Lipinski definition) is 9. The zero-order valence-electron chi connectivity index (χ0n) is 25.7. The molecule has 2 saturated heterocycles. The number of benzene rings is 1. The van der Waals surface area contributed by atoms with Crippen LogP contribution in [0.5, 0.6) is 5.75 Å². The monoisotopic (exact) mass is 641 g/mol. The van der Waals surface area contributed by atoms with Gasteiger partial charge in [0.15, 0.2) is 5.82 Å². The van der Waals surface area contributed by atoms with E-state index in [1.54, 1.807) is 29.8 Å². The SMILES string of the molecule is CCOc1cc(C(=O)Nc2cc(C(F)(F)F)n(C)n2)ccc1-c1nc([C@H]2CN3C(=O)CN(C(C)C)C[C@@H]3CO2)n2ccnc(N)c12. The highest BCUT2D eigenvalue weighted by Gasteiger charge is 2.40. The topological polar surface area (TPSA) is 145 Å². The number of amides is 2. The average molecular weight is 642 g/mol. The molecule has 46 heavy (non-hydrogen) atoms. The second-order valence-corrected chi connectivity index (χ2v) is 11.5. The van der Waals surface area contributed by atoms with Gasteiger partial charge in [0.1, 0.15) is 40.4 Å². The minimum Gasteiger partial charge on any atom is -0.493 e. The number of nitrogen functional groups attached to an aromatic ring is 1. The van der Waals surface area contributed by atoms with Gasteiger partial charge in [-0.2, -0.15) is 18.3 Å². The number of piperazine rings is 1. The summed E-state index contributed by atoms with van der Waals surface area (Å²) < 4.78 is 54.3. The maximum absolute atomic E-state index is 13.2. The third kappa shape index (κ3) is 5.73. The number of nitrogens with zero attached hydrogens (tertiary/aromatic N) is 7. The highest BCUT2D eigenvalue weighted by Crippen LogP contribution is 2.38. The number of carbonyl (C=O) groups excluding carboxylic acids is 2. The zero-order valence-corrected chi connectivity index (χ0v) is 25.7. The smallest absolute Gasteiger partial charge is 0.433 e. The summed E-state index contributed by atoms with van der Waals surface area (Å²) in [6.45, 7) is 7.88. The molecule has 4 aromatic rings. The van der Waals surface area contributed by atoms with E-state index >= 15 is 0 Å². The largest absolute Gasteiger partial charge is 0.493 e. The summed E-state index contributed by atoms with van der Waals surface area (Å²) in [5.74, 6) is 0.135. The molecule has 5 heterocycles. The Hall–Kier alpha value is -4.70. The molecule has 2 fully saturated rings. The number of halogens is 3. The van der Waals surface area contributed by atoms with E-state index < -0.39 is 23.9 Å². The molecule has 3 N–H and O–H groups in total. The predicted octanol–water partition coefficient (Wildman–Crippen LogP) is 3.37. The van der Waals surface area contributed by atoms with Gasteiger partial charge in [-0.25, -0.2) is 9.97 Å². The molecule has 0 radical (unpaired) electrons. The van der Waals surface area contributed by atoms with Crippen molar-refractivity contribution in [2.75, 3.05) is 43.9 Å². The normalized spacial score (nSPS) is 19.1. The molecule has 0 saturated carbocycles. The highest BCUT2D eigenvalue weighted by molar-refractivity contribution is 6.04. The number of hydrogen-bond donors (Lipinski definition) is 2. The molecule has 1 aromatic carbocycles. The third-order valence-electron chi connectivity index (χ3n) is 8.24. The number of anilines is 2. The lowest BCUT2D eigenvalue weighted by Gasteiger charge is -2.46. The number of nitrogens with one attached hydrogen (secondary N) is 1. The standard InChI is InChI=1S/C30H34F3N9O4/c1-5-45-20-10-17(29(44)36-23-11-22(30(31,32)33)39(4)38-23)6-7-19(20)25-26-27(34)35-8-9-41(26)28(37-25)21-13-42-18(15-46-21)12-40(16(2)3)14-24(42)43/h6-11,16,18,21H,5,12-15H2,1-4H3,(H2,34,35)(H,36,38,44)/t18-,21-/m1/s1. The van der Waals surface area contributed by atoms with E-state index in [1.165, 1.54) is 12.1 Å². The molecule has 16 heteroatoms. The molecule has 0 unspecified atom stereocenters. The lowest BCUT2D eigenvalue weighted by atomic mass is 10.1. The fourth-order valence-electron chi connectivity index (χ4n) is 5.92. The number of alkyl halides is 3. The number of carbonyl (C=O) groups is 2. The van der Waals surface area contributed by atoms with Gasteiger partial charge in [0.05, 0.1) is 32.3 Å². The fourth-order valence-corrected chi connectivity index (χ4v) is 5.92. The summed E-state index contributed by atoms with van der Waals surface area (Å²) in [5, 5.41) is 6.17. The Labute approximate surface area is 262 Å².